The zero-order valence-electron chi connectivity index (χ0n) is 17.2. The van der Waals surface area contributed by atoms with Crippen molar-refractivity contribution in [2.24, 2.45) is 0 Å². The molecule has 1 unspecified atom stereocenters. The SMILES string of the molecule is Cc1ccc(Cn2c(C(C)NC(=O)/C=C\c3ccccc3)nc3ccccc32)cc1. The molecule has 0 spiro atoms. The molecule has 1 amide bonds. The number of hydrogen-bond donors (Lipinski definition) is 1. The third-order valence-corrected chi connectivity index (χ3v) is 5.12. The molecule has 30 heavy (non-hydrogen) atoms. The molecule has 0 saturated heterocycles. The van der Waals surface area contributed by atoms with Crippen LogP contribution < -0.4 is 5.32 Å². The van der Waals surface area contributed by atoms with E-state index in [-0.39, 0.29) is 11.9 Å². The Kier molecular flexibility index (Phi) is 5.75. The van der Waals surface area contributed by atoms with Gasteiger partial charge in [0, 0.05) is 12.6 Å². The van der Waals surface area contributed by atoms with Crippen LogP contribution in [0.5, 0.6) is 0 Å². The third kappa shape index (κ3) is 4.49. The summed E-state index contributed by atoms with van der Waals surface area (Å²) in [6.07, 6.45) is 3.39. The van der Waals surface area contributed by atoms with Crippen LogP contribution in [0.3, 0.4) is 0 Å². The van der Waals surface area contributed by atoms with Crippen LogP contribution in [-0.2, 0) is 11.3 Å². The predicted octanol–water partition coefficient (Wildman–Crippen LogP) is 5.28. The van der Waals surface area contributed by atoms with Gasteiger partial charge in [-0.2, -0.15) is 0 Å². The molecule has 0 radical (unpaired) electrons. The van der Waals surface area contributed by atoms with E-state index < -0.39 is 0 Å². The molecule has 4 rings (SSSR count). The fraction of sp³-hybridized carbons (Fsp3) is 0.154. The van der Waals surface area contributed by atoms with E-state index in [2.05, 4.69) is 47.1 Å². The predicted molar refractivity (Wildman–Crippen MR) is 122 cm³/mol. The lowest BCUT2D eigenvalue weighted by Gasteiger charge is -2.16. The van der Waals surface area contributed by atoms with Crippen molar-refractivity contribution in [3.05, 3.63) is 107 Å². The Balaban J connectivity index is 1.58. The maximum Gasteiger partial charge on any atom is 0.244 e. The monoisotopic (exact) mass is 395 g/mol. The highest BCUT2D eigenvalue weighted by Gasteiger charge is 2.18. The molecule has 0 bridgehead atoms. The number of carbonyl (C=O) groups excluding carboxylic acids is 1. The van der Waals surface area contributed by atoms with Gasteiger partial charge in [-0.25, -0.2) is 4.98 Å². The van der Waals surface area contributed by atoms with Gasteiger partial charge < -0.3 is 9.88 Å². The largest absolute Gasteiger partial charge is 0.343 e. The molecule has 1 heterocycles. The van der Waals surface area contributed by atoms with Crippen LogP contribution in [-0.4, -0.2) is 15.5 Å². The number of aryl methyl sites for hydroxylation is 1. The van der Waals surface area contributed by atoms with E-state index in [0.29, 0.717) is 6.54 Å². The van der Waals surface area contributed by atoms with Gasteiger partial charge in [0.2, 0.25) is 5.91 Å². The number of nitrogens with zero attached hydrogens (tertiary/aromatic N) is 2. The van der Waals surface area contributed by atoms with Crippen LogP contribution in [0.2, 0.25) is 0 Å². The first-order valence-corrected chi connectivity index (χ1v) is 10.1. The topological polar surface area (TPSA) is 46.9 Å². The standard InChI is InChI=1S/C26H25N3O/c1-19-12-14-22(15-13-19)18-29-24-11-7-6-10-23(24)28-26(29)20(2)27-25(30)17-16-21-8-4-3-5-9-21/h3-17,20H,18H2,1-2H3,(H,27,30)/b17-16-. The van der Waals surface area contributed by atoms with E-state index in [1.165, 1.54) is 11.1 Å². The summed E-state index contributed by atoms with van der Waals surface area (Å²) in [5.74, 6) is 0.707. The number of carbonyl (C=O) groups is 1. The number of nitrogens with one attached hydrogen (secondary N) is 1. The maximum atomic E-state index is 12.5. The molecule has 1 aromatic heterocycles. The minimum atomic E-state index is -0.226. The highest BCUT2D eigenvalue weighted by molar-refractivity contribution is 5.92. The quantitative estimate of drug-likeness (QED) is 0.451. The summed E-state index contributed by atoms with van der Waals surface area (Å²) >= 11 is 0. The second-order valence-electron chi connectivity index (χ2n) is 7.50. The van der Waals surface area contributed by atoms with Gasteiger partial charge in [0.25, 0.3) is 0 Å². The van der Waals surface area contributed by atoms with Crippen molar-refractivity contribution in [3.8, 4) is 0 Å². The van der Waals surface area contributed by atoms with Crippen LogP contribution >= 0.6 is 0 Å². The molecule has 0 aliphatic heterocycles. The number of aromatic nitrogens is 2. The number of benzene rings is 3. The summed E-state index contributed by atoms with van der Waals surface area (Å²) in [6.45, 7) is 4.76. The molecule has 1 N–H and O–H groups in total. The zero-order valence-corrected chi connectivity index (χ0v) is 17.2. The fourth-order valence-corrected chi connectivity index (χ4v) is 3.53. The highest BCUT2D eigenvalue weighted by atomic mass is 16.1. The van der Waals surface area contributed by atoms with Crippen LogP contribution in [0, 0.1) is 6.92 Å². The van der Waals surface area contributed by atoms with Gasteiger partial charge in [0.1, 0.15) is 5.82 Å². The Labute approximate surface area is 176 Å². The summed E-state index contributed by atoms with van der Waals surface area (Å²) in [4.78, 5) is 17.3. The van der Waals surface area contributed by atoms with E-state index in [1.54, 1.807) is 6.08 Å². The minimum absolute atomic E-state index is 0.139. The summed E-state index contributed by atoms with van der Waals surface area (Å²) in [5.41, 5.74) is 5.43. The number of fused-ring (bicyclic) bond motifs is 1. The molecule has 4 heteroatoms. The van der Waals surface area contributed by atoms with Crippen LogP contribution in [0.25, 0.3) is 17.1 Å². The van der Waals surface area contributed by atoms with Gasteiger partial charge in [0.15, 0.2) is 0 Å². The fourth-order valence-electron chi connectivity index (χ4n) is 3.53. The van der Waals surface area contributed by atoms with E-state index in [1.807, 2.05) is 61.5 Å². The van der Waals surface area contributed by atoms with E-state index >= 15 is 0 Å². The third-order valence-electron chi connectivity index (χ3n) is 5.12. The number of hydrogen-bond acceptors (Lipinski definition) is 2. The average molecular weight is 396 g/mol. The number of para-hydroxylation sites is 2. The second kappa shape index (κ2) is 8.78. The summed E-state index contributed by atoms with van der Waals surface area (Å²) in [7, 11) is 0. The normalized spacial score (nSPS) is 12.3. The minimum Gasteiger partial charge on any atom is -0.343 e. The Morgan fingerprint density at radius 3 is 2.47 bits per heavy atom. The summed E-state index contributed by atoms with van der Waals surface area (Å²) in [6, 6.07) is 26.2. The number of amides is 1. The van der Waals surface area contributed by atoms with Crippen molar-refractivity contribution < 1.29 is 4.79 Å². The van der Waals surface area contributed by atoms with Gasteiger partial charge in [-0.15, -0.1) is 0 Å². The van der Waals surface area contributed by atoms with E-state index in [0.717, 1.165) is 22.4 Å². The van der Waals surface area contributed by atoms with Crippen molar-refractivity contribution in [1.82, 2.24) is 14.9 Å². The lowest BCUT2D eigenvalue weighted by molar-refractivity contribution is -0.117. The van der Waals surface area contributed by atoms with Gasteiger partial charge in [-0.1, -0.05) is 72.3 Å². The van der Waals surface area contributed by atoms with Gasteiger partial charge >= 0.3 is 0 Å². The lowest BCUT2D eigenvalue weighted by Crippen LogP contribution is -2.27. The van der Waals surface area contributed by atoms with Crippen molar-refractivity contribution in [2.75, 3.05) is 0 Å². The van der Waals surface area contributed by atoms with Gasteiger partial charge in [-0.3, -0.25) is 4.79 Å². The molecule has 0 saturated carbocycles. The molecule has 150 valence electrons. The molecule has 4 nitrogen and oxygen atoms in total. The molecular formula is C26H25N3O. The summed E-state index contributed by atoms with van der Waals surface area (Å²) < 4.78 is 2.19. The highest BCUT2D eigenvalue weighted by Crippen LogP contribution is 2.22. The Morgan fingerprint density at radius 2 is 1.70 bits per heavy atom. The molecular weight excluding hydrogens is 370 g/mol. The van der Waals surface area contributed by atoms with Gasteiger partial charge in [0.05, 0.1) is 17.1 Å². The smallest absolute Gasteiger partial charge is 0.244 e. The first kappa shape index (κ1) is 19.6. The first-order chi connectivity index (χ1) is 14.6. The molecule has 4 aromatic rings. The number of imidazole rings is 1. The first-order valence-electron chi connectivity index (χ1n) is 10.1. The van der Waals surface area contributed by atoms with Crippen molar-refractivity contribution >= 4 is 23.0 Å². The summed E-state index contributed by atoms with van der Waals surface area (Å²) in [5, 5.41) is 3.05. The molecule has 0 aliphatic rings. The Morgan fingerprint density at radius 1 is 1.00 bits per heavy atom. The van der Waals surface area contributed by atoms with Crippen LogP contribution in [0.15, 0.2) is 84.9 Å². The van der Waals surface area contributed by atoms with Crippen molar-refractivity contribution in [1.29, 1.82) is 0 Å². The Hall–Kier alpha value is -3.66. The molecule has 3 aromatic carbocycles. The second-order valence-corrected chi connectivity index (χ2v) is 7.50. The van der Waals surface area contributed by atoms with Gasteiger partial charge in [-0.05, 0) is 43.2 Å². The zero-order chi connectivity index (χ0) is 20.9. The van der Waals surface area contributed by atoms with Crippen molar-refractivity contribution in [2.45, 2.75) is 26.4 Å². The van der Waals surface area contributed by atoms with E-state index in [4.69, 9.17) is 4.98 Å². The maximum absolute atomic E-state index is 12.5. The van der Waals surface area contributed by atoms with Crippen LogP contribution in [0.1, 0.15) is 35.5 Å². The molecule has 0 fully saturated rings. The van der Waals surface area contributed by atoms with Crippen LogP contribution in [0.4, 0.5) is 0 Å². The lowest BCUT2D eigenvalue weighted by atomic mass is 10.1. The Bertz CT molecular complexity index is 1170. The van der Waals surface area contributed by atoms with E-state index in [9.17, 15) is 4.79 Å². The average Bonchev–Trinajstić information content (AvgIpc) is 3.13. The number of rotatable bonds is 6. The molecule has 0 aliphatic carbocycles. The molecule has 1 atom stereocenters. The van der Waals surface area contributed by atoms with Crippen molar-refractivity contribution in [3.63, 3.8) is 0 Å².